The van der Waals surface area contributed by atoms with Gasteiger partial charge in [-0.1, -0.05) is 6.07 Å². The molecule has 0 bridgehead atoms. The molecule has 0 saturated heterocycles. The molecule has 5 N–H and O–H groups in total. The zero-order valence-corrected chi connectivity index (χ0v) is 10.6. The van der Waals surface area contributed by atoms with Crippen molar-refractivity contribution in [2.75, 3.05) is 6.54 Å². The quantitative estimate of drug-likeness (QED) is 0.361. The van der Waals surface area contributed by atoms with Gasteiger partial charge in [-0.25, -0.2) is 9.38 Å². The Morgan fingerprint density at radius 3 is 2.68 bits per heavy atom. The van der Waals surface area contributed by atoms with Gasteiger partial charge in [-0.2, -0.15) is 0 Å². The van der Waals surface area contributed by atoms with Crippen LogP contribution in [0.2, 0.25) is 0 Å². The molecule has 0 aromatic heterocycles. The highest BCUT2D eigenvalue weighted by Gasteiger charge is 2.06. The molecule has 0 aliphatic carbocycles. The van der Waals surface area contributed by atoms with Crippen LogP contribution in [0.3, 0.4) is 0 Å². The fourth-order valence-corrected chi connectivity index (χ4v) is 1.57. The summed E-state index contributed by atoms with van der Waals surface area (Å²) >= 11 is -2.49. The van der Waals surface area contributed by atoms with Crippen LogP contribution in [0.4, 0.5) is 4.39 Å². The molecular weight excluding hydrogens is 275 g/mol. The summed E-state index contributed by atoms with van der Waals surface area (Å²) in [5, 5.41) is 2.39. The third kappa shape index (κ3) is 5.02. The zero-order chi connectivity index (χ0) is 14.4. The molecule has 1 aromatic carbocycles. The predicted octanol–water partition coefficient (Wildman–Crippen LogP) is -1.05. The molecule has 1 atom stereocenters. The minimum absolute atomic E-state index is 0.0869. The van der Waals surface area contributed by atoms with Crippen molar-refractivity contribution in [3.05, 3.63) is 29.6 Å². The average Bonchev–Trinajstić information content (AvgIpc) is 2.34. The third-order valence-corrected chi connectivity index (χ3v) is 2.74. The Morgan fingerprint density at radius 2 is 2.16 bits per heavy atom. The van der Waals surface area contributed by atoms with E-state index in [4.69, 9.17) is 11.5 Å². The Bertz CT molecular complexity index is 532. The first-order valence-electron chi connectivity index (χ1n) is 5.10. The van der Waals surface area contributed by atoms with Crippen LogP contribution in [0.25, 0.3) is 0 Å². The van der Waals surface area contributed by atoms with E-state index in [-0.39, 0.29) is 29.5 Å². The number of rotatable bonds is 5. The van der Waals surface area contributed by atoms with Gasteiger partial charge in [0.1, 0.15) is 12.4 Å². The van der Waals surface area contributed by atoms with Crippen molar-refractivity contribution >= 4 is 22.9 Å². The topological polar surface area (TPSA) is 134 Å². The molecule has 1 rings (SSSR count). The molecule has 9 heteroatoms. The van der Waals surface area contributed by atoms with Gasteiger partial charge in [0, 0.05) is 17.0 Å². The summed E-state index contributed by atoms with van der Waals surface area (Å²) in [6, 6.07) is 3.39. The first-order valence-corrected chi connectivity index (χ1v) is 6.17. The summed E-state index contributed by atoms with van der Waals surface area (Å²) in [6.07, 6.45) is 0. The number of carbonyl (C=O) groups is 1. The SMILES string of the molecule is NC(N)=NCC(=O)NCc1ccc(S(=O)[O-])cc1F. The number of hydrogen-bond donors (Lipinski definition) is 3. The lowest BCUT2D eigenvalue weighted by molar-refractivity contribution is -0.119. The lowest BCUT2D eigenvalue weighted by atomic mass is 10.2. The summed E-state index contributed by atoms with van der Waals surface area (Å²) in [4.78, 5) is 14.6. The smallest absolute Gasteiger partial charge is 0.242 e. The number of nitrogens with two attached hydrogens (primary N) is 2. The van der Waals surface area contributed by atoms with Gasteiger partial charge in [0.05, 0.1) is 0 Å². The molecule has 0 spiro atoms. The second-order valence-electron chi connectivity index (χ2n) is 3.51. The fraction of sp³-hybridized carbons (Fsp3) is 0.200. The Hall–Kier alpha value is -2.00. The molecule has 0 aliphatic heterocycles. The molecule has 0 heterocycles. The van der Waals surface area contributed by atoms with Crippen LogP contribution in [0.1, 0.15) is 5.56 Å². The normalized spacial score (nSPS) is 11.7. The van der Waals surface area contributed by atoms with Gasteiger partial charge < -0.3 is 21.3 Å². The number of aliphatic imine (C=N–C) groups is 1. The maximum absolute atomic E-state index is 13.5. The first-order chi connectivity index (χ1) is 8.90. The lowest BCUT2D eigenvalue weighted by Crippen LogP contribution is -2.29. The van der Waals surface area contributed by atoms with E-state index in [9.17, 15) is 17.9 Å². The van der Waals surface area contributed by atoms with Gasteiger partial charge in [-0.05, 0) is 23.2 Å². The van der Waals surface area contributed by atoms with Gasteiger partial charge in [-0.15, -0.1) is 0 Å². The Labute approximate surface area is 111 Å². The highest BCUT2D eigenvalue weighted by atomic mass is 32.2. The van der Waals surface area contributed by atoms with Crippen LogP contribution in [0, 0.1) is 5.82 Å². The van der Waals surface area contributed by atoms with E-state index in [0.29, 0.717) is 0 Å². The Balaban J connectivity index is 2.61. The van der Waals surface area contributed by atoms with E-state index in [1.165, 1.54) is 12.1 Å². The number of amides is 1. The minimum atomic E-state index is -2.49. The summed E-state index contributed by atoms with van der Waals surface area (Å²) in [6.45, 7) is -0.344. The average molecular weight is 287 g/mol. The third-order valence-electron chi connectivity index (χ3n) is 2.10. The fourth-order valence-electron chi connectivity index (χ4n) is 1.19. The number of carbonyl (C=O) groups excluding carboxylic acids is 1. The molecule has 0 aliphatic rings. The van der Waals surface area contributed by atoms with E-state index in [0.717, 1.165) is 6.07 Å². The molecule has 0 radical (unpaired) electrons. The van der Waals surface area contributed by atoms with Crippen LogP contribution < -0.4 is 16.8 Å². The second kappa shape index (κ2) is 6.81. The molecule has 7 nitrogen and oxygen atoms in total. The van der Waals surface area contributed by atoms with E-state index >= 15 is 0 Å². The highest BCUT2D eigenvalue weighted by molar-refractivity contribution is 7.79. The van der Waals surface area contributed by atoms with Gasteiger partial charge >= 0.3 is 0 Å². The van der Waals surface area contributed by atoms with Crippen LogP contribution in [0.15, 0.2) is 28.1 Å². The minimum Gasteiger partial charge on any atom is -0.768 e. The molecule has 19 heavy (non-hydrogen) atoms. The molecule has 0 fully saturated rings. The summed E-state index contributed by atoms with van der Waals surface area (Å²) in [5.74, 6) is -1.42. The highest BCUT2D eigenvalue weighted by Crippen LogP contribution is 2.12. The van der Waals surface area contributed by atoms with E-state index < -0.39 is 22.8 Å². The first kappa shape index (κ1) is 15.1. The molecule has 1 amide bonds. The molecule has 0 saturated carbocycles. The summed E-state index contributed by atoms with van der Waals surface area (Å²) < 4.78 is 34.7. The van der Waals surface area contributed by atoms with Crippen LogP contribution in [-0.2, 0) is 22.4 Å². The van der Waals surface area contributed by atoms with Crippen molar-refractivity contribution in [1.29, 1.82) is 0 Å². The van der Waals surface area contributed by atoms with Gasteiger partial charge in [0.15, 0.2) is 5.96 Å². The van der Waals surface area contributed by atoms with Crippen molar-refractivity contribution in [3.63, 3.8) is 0 Å². The number of nitrogens with one attached hydrogen (secondary N) is 1. The monoisotopic (exact) mass is 287 g/mol. The molecule has 1 unspecified atom stereocenters. The molecule has 1 aromatic rings. The maximum Gasteiger partial charge on any atom is 0.242 e. The van der Waals surface area contributed by atoms with Crippen molar-refractivity contribution in [1.82, 2.24) is 5.32 Å². The number of guanidine groups is 1. The zero-order valence-electron chi connectivity index (χ0n) is 9.76. The van der Waals surface area contributed by atoms with Crippen LogP contribution in [0.5, 0.6) is 0 Å². The van der Waals surface area contributed by atoms with Gasteiger partial charge in [0.2, 0.25) is 5.91 Å². The van der Waals surface area contributed by atoms with Crippen LogP contribution >= 0.6 is 0 Å². The summed E-state index contributed by atoms with van der Waals surface area (Å²) in [7, 11) is 0. The number of nitrogens with zero attached hydrogens (tertiary/aromatic N) is 1. The van der Waals surface area contributed by atoms with Crippen molar-refractivity contribution in [2.45, 2.75) is 11.4 Å². The predicted molar refractivity (Wildman–Crippen MR) is 66.1 cm³/mol. The largest absolute Gasteiger partial charge is 0.768 e. The summed E-state index contributed by atoms with van der Waals surface area (Å²) in [5.41, 5.74) is 10.3. The van der Waals surface area contributed by atoms with Crippen molar-refractivity contribution in [2.24, 2.45) is 16.5 Å². The lowest BCUT2D eigenvalue weighted by Gasteiger charge is -2.09. The molecule has 104 valence electrons. The van der Waals surface area contributed by atoms with Gasteiger partial charge in [-0.3, -0.25) is 9.00 Å². The number of hydrogen-bond acceptors (Lipinski definition) is 4. The van der Waals surface area contributed by atoms with Crippen molar-refractivity contribution < 1.29 is 17.9 Å². The van der Waals surface area contributed by atoms with E-state index in [1.807, 2.05) is 0 Å². The van der Waals surface area contributed by atoms with E-state index in [2.05, 4.69) is 10.3 Å². The maximum atomic E-state index is 13.5. The Morgan fingerprint density at radius 1 is 1.47 bits per heavy atom. The second-order valence-corrected chi connectivity index (χ2v) is 4.45. The van der Waals surface area contributed by atoms with Crippen LogP contribution in [-0.4, -0.2) is 27.2 Å². The Kier molecular flexibility index (Phi) is 5.39. The number of halogens is 1. The standard InChI is InChI=1S/C10H13FN4O3S/c11-8-3-7(19(17)18)2-1-6(8)4-14-9(16)5-15-10(12)13/h1-3H,4-5H2,(H,14,16)(H,17,18)(H4,12,13,15)/p-1. The van der Waals surface area contributed by atoms with Crippen molar-refractivity contribution in [3.8, 4) is 0 Å². The number of benzene rings is 1. The van der Waals surface area contributed by atoms with Gasteiger partial charge in [0.25, 0.3) is 0 Å². The molecular formula is C10H12FN4O3S-. The van der Waals surface area contributed by atoms with E-state index in [1.54, 1.807) is 0 Å².